The first-order valence-corrected chi connectivity index (χ1v) is 9.71. The smallest absolute Gasteiger partial charge is 0.325 e. The van der Waals surface area contributed by atoms with E-state index in [1.807, 2.05) is 0 Å². The second-order valence-electron chi connectivity index (χ2n) is 6.21. The van der Waals surface area contributed by atoms with E-state index in [4.69, 9.17) is 0 Å². The summed E-state index contributed by atoms with van der Waals surface area (Å²) in [6.07, 6.45) is 0.0329. The first-order chi connectivity index (χ1) is 14.4. The highest BCUT2D eigenvalue weighted by Crippen LogP contribution is 2.18. The number of nitrogens with one attached hydrogen (secondary N) is 4. The Bertz CT molecular complexity index is 1050. The Kier molecular flexibility index (Phi) is 6.71. The molecule has 1 heterocycles. The Morgan fingerprint density at radius 3 is 2.07 bits per heavy atom. The highest BCUT2D eigenvalue weighted by Gasteiger charge is 2.11. The number of urea groups is 1. The third-order valence-electron chi connectivity index (χ3n) is 3.71. The Hall–Kier alpha value is -3.79. The summed E-state index contributed by atoms with van der Waals surface area (Å²) in [5, 5.41) is 12.5. The van der Waals surface area contributed by atoms with Gasteiger partial charge in [-0.05, 0) is 48.5 Å². The fraction of sp³-hybridized carbons (Fsp3) is 0.100. The SMILES string of the molecule is CC(=O)Nc1ccc(NC(=O)Cc2csc(NC(=O)Nc3ccc(F)cc3)n2)cc1. The van der Waals surface area contributed by atoms with Gasteiger partial charge >= 0.3 is 6.03 Å². The third kappa shape index (κ3) is 6.38. The fourth-order valence-corrected chi connectivity index (χ4v) is 3.15. The number of halogens is 1. The molecule has 3 rings (SSSR count). The zero-order valence-electron chi connectivity index (χ0n) is 15.9. The van der Waals surface area contributed by atoms with Gasteiger partial charge in [-0.25, -0.2) is 14.2 Å². The van der Waals surface area contributed by atoms with Crippen molar-refractivity contribution in [2.75, 3.05) is 21.3 Å². The van der Waals surface area contributed by atoms with Crippen LogP contribution in [0.15, 0.2) is 53.9 Å². The van der Waals surface area contributed by atoms with Crippen LogP contribution in [0.5, 0.6) is 0 Å². The maximum Gasteiger partial charge on any atom is 0.325 e. The van der Waals surface area contributed by atoms with Crippen LogP contribution < -0.4 is 21.3 Å². The second kappa shape index (κ2) is 9.61. The van der Waals surface area contributed by atoms with Crippen LogP contribution in [0.1, 0.15) is 12.6 Å². The molecule has 0 aliphatic heterocycles. The number of anilines is 4. The van der Waals surface area contributed by atoms with Crippen molar-refractivity contribution in [3.63, 3.8) is 0 Å². The normalized spacial score (nSPS) is 10.2. The molecule has 0 aliphatic carbocycles. The molecule has 4 N–H and O–H groups in total. The van der Waals surface area contributed by atoms with Crippen LogP contribution in [0.2, 0.25) is 0 Å². The number of benzene rings is 2. The number of carbonyl (C=O) groups excluding carboxylic acids is 3. The van der Waals surface area contributed by atoms with Gasteiger partial charge in [0.15, 0.2) is 5.13 Å². The topological polar surface area (TPSA) is 112 Å². The maximum absolute atomic E-state index is 12.9. The van der Waals surface area contributed by atoms with Gasteiger partial charge in [0.1, 0.15) is 5.82 Å². The van der Waals surface area contributed by atoms with Crippen LogP contribution in [0.25, 0.3) is 0 Å². The Labute approximate surface area is 175 Å². The van der Waals surface area contributed by atoms with E-state index < -0.39 is 11.8 Å². The molecule has 0 saturated heterocycles. The molecule has 3 aromatic rings. The van der Waals surface area contributed by atoms with E-state index in [2.05, 4.69) is 26.3 Å². The van der Waals surface area contributed by atoms with E-state index in [1.54, 1.807) is 29.6 Å². The highest BCUT2D eigenvalue weighted by atomic mass is 32.1. The van der Waals surface area contributed by atoms with Gasteiger partial charge in [-0.15, -0.1) is 11.3 Å². The van der Waals surface area contributed by atoms with E-state index in [9.17, 15) is 18.8 Å². The summed E-state index contributed by atoms with van der Waals surface area (Å²) >= 11 is 1.18. The average molecular weight is 427 g/mol. The minimum Gasteiger partial charge on any atom is -0.326 e. The van der Waals surface area contributed by atoms with E-state index >= 15 is 0 Å². The molecule has 10 heteroatoms. The summed E-state index contributed by atoms with van der Waals surface area (Å²) < 4.78 is 12.9. The summed E-state index contributed by atoms with van der Waals surface area (Å²) in [4.78, 5) is 39.4. The molecular weight excluding hydrogens is 409 g/mol. The van der Waals surface area contributed by atoms with Gasteiger partial charge in [0, 0.05) is 29.4 Å². The first-order valence-electron chi connectivity index (χ1n) is 8.83. The standard InChI is InChI=1S/C20H18FN5O3S/c1-12(27)22-14-6-8-15(9-7-14)23-18(28)10-17-11-30-20(25-17)26-19(29)24-16-4-2-13(21)3-5-16/h2-9,11H,10H2,1H3,(H,22,27)(H,23,28)(H2,24,25,26,29). The molecule has 30 heavy (non-hydrogen) atoms. The lowest BCUT2D eigenvalue weighted by atomic mass is 10.2. The Morgan fingerprint density at radius 2 is 1.43 bits per heavy atom. The minimum absolute atomic E-state index is 0.0329. The summed E-state index contributed by atoms with van der Waals surface area (Å²) in [7, 11) is 0. The van der Waals surface area contributed by atoms with Gasteiger partial charge in [-0.1, -0.05) is 0 Å². The van der Waals surface area contributed by atoms with Crippen LogP contribution in [-0.2, 0) is 16.0 Å². The first kappa shape index (κ1) is 20.9. The lowest BCUT2D eigenvalue weighted by Crippen LogP contribution is -2.19. The van der Waals surface area contributed by atoms with Crippen LogP contribution in [0.3, 0.4) is 0 Å². The van der Waals surface area contributed by atoms with Crippen molar-refractivity contribution in [1.29, 1.82) is 0 Å². The summed E-state index contributed by atoms with van der Waals surface area (Å²) in [6, 6.07) is 11.6. The zero-order valence-corrected chi connectivity index (χ0v) is 16.7. The Balaban J connectivity index is 1.49. The number of rotatable bonds is 6. The summed E-state index contributed by atoms with van der Waals surface area (Å²) in [5.41, 5.74) is 2.16. The second-order valence-corrected chi connectivity index (χ2v) is 7.07. The maximum atomic E-state index is 12.9. The van der Waals surface area contributed by atoms with E-state index in [0.29, 0.717) is 27.9 Å². The fourth-order valence-electron chi connectivity index (χ4n) is 2.45. The number of aromatic nitrogens is 1. The largest absolute Gasteiger partial charge is 0.326 e. The summed E-state index contributed by atoms with van der Waals surface area (Å²) in [5.74, 6) is -0.839. The molecule has 0 saturated carbocycles. The van der Waals surface area contributed by atoms with Crippen LogP contribution in [0, 0.1) is 5.82 Å². The van der Waals surface area contributed by atoms with Gasteiger partial charge in [-0.3, -0.25) is 14.9 Å². The van der Waals surface area contributed by atoms with Crippen molar-refractivity contribution >= 4 is 51.4 Å². The molecule has 0 radical (unpaired) electrons. The van der Waals surface area contributed by atoms with Crippen molar-refractivity contribution in [3.05, 3.63) is 65.4 Å². The van der Waals surface area contributed by atoms with Crippen molar-refractivity contribution in [2.24, 2.45) is 0 Å². The van der Waals surface area contributed by atoms with Crippen LogP contribution in [-0.4, -0.2) is 22.8 Å². The van der Waals surface area contributed by atoms with Crippen molar-refractivity contribution in [2.45, 2.75) is 13.3 Å². The average Bonchev–Trinajstić information content (AvgIpc) is 3.11. The Morgan fingerprint density at radius 1 is 0.867 bits per heavy atom. The van der Waals surface area contributed by atoms with Gasteiger partial charge in [0.25, 0.3) is 0 Å². The molecule has 8 nitrogen and oxygen atoms in total. The van der Waals surface area contributed by atoms with Crippen molar-refractivity contribution in [1.82, 2.24) is 4.98 Å². The number of hydrogen-bond donors (Lipinski definition) is 4. The molecule has 0 unspecified atom stereocenters. The molecule has 2 aromatic carbocycles. The van der Waals surface area contributed by atoms with Crippen molar-refractivity contribution in [3.8, 4) is 0 Å². The number of amides is 4. The van der Waals surface area contributed by atoms with E-state index in [0.717, 1.165) is 0 Å². The lowest BCUT2D eigenvalue weighted by Gasteiger charge is -2.06. The zero-order chi connectivity index (χ0) is 21.5. The number of nitrogens with zero attached hydrogens (tertiary/aromatic N) is 1. The highest BCUT2D eigenvalue weighted by molar-refractivity contribution is 7.14. The van der Waals surface area contributed by atoms with Crippen LogP contribution in [0.4, 0.5) is 31.4 Å². The van der Waals surface area contributed by atoms with Crippen molar-refractivity contribution < 1.29 is 18.8 Å². The molecule has 0 aliphatic rings. The van der Waals surface area contributed by atoms with Crippen LogP contribution >= 0.6 is 11.3 Å². The molecule has 0 spiro atoms. The van der Waals surface area contributed by atoms with Gasteiger partial charge < -0.3 is 16.0 Å². The van der Waals surface area contributed by atoms with Gasteiger partial charge in [-0.2, -0.15) is 0 Å². The predicted octanol–water partition coefficient (Wildman–Crippen LogP) is 4.07. The molecule has 1 aromatic heterocycles. The lowest BCUT2D eigenvalue weighted by molar-refractivity contribution is -0.116. The third-order valence-corrected chi connectivity index (χ3v) is 4.51. The van der Waals surface area contributed by atoms with E-state index in [1.165, 1.54) is 42.5 Å². The predicted molar refractivity (Wildman–Crippen MR) is 114 cm³/mol. The molecule has 0 fully saturated rings. The molecule has 4 amide bonds. The van der Waals surface area contributed by atoms with E-state index in [-0.39, 0.29) is 18.2 Å². The van der Waals surface area contributed by atoms with Gasteiger partial charge in [0.05, 0.1) is 12.1 Å². The quantitative estimate of drug-likeness (QED) is 0.475. The monoisotopic (exact) mass is 427 g/mol. The molecular formula is C20H18FN5O3S. The summed E-state index contributed by atoms with van der Waals surface area (Å²) in [6.45, 7) is 1.42. The number of thiazole rings is 1. The molecule has 0 atom stereocenters. The molecule has 154 valence electrons. The number of hydrogen-bond acceptors (Lipinski definition) is 5. The minimum atomic E-state index is -0.522. The molecule has 0 bridgehead atoms. The van der Waals surface area contributed by atoms with Gasteiger partial charge in [0.2, 0.25) is 11.8 Å². The number of carbonyl (C=O) groups is 3.